The number of benzene rings is 8. The number of hydrogen-bond donors (Lipinski definition) is 0. The van der Waals surface area contributed by atoms with Gasteiger partial charge in [0.15, 0.2) is 0 Å². The van der Waals surface area contributed by atoms with Gasteiger partial charge in [0.1, 0.15) is 0 Å². The van der Waals surface area contributed by atoms with Crippen LogP contribution in [-0.2, 0) is 5.41 Å². The molecule has 0 amide bonds. The Bertz CT molecular complexity index is 3010. The van der Waals surface area contributed by atoms with Crippen LogP contribution in [0.4, 0.5) is 17.1 Å². The van der Waals surface area contributed by atoms with Crippen LogP contribution in [0.2, 0.25) is 0 Å². The molecule has 10 aromatic rings. The minimum absolute atomic E-state index is 0.574. The summed E-state index contributed by atoms with van der Waals surface area (Å²) in [6, 6.07) is 73.1. The minimum Gasteiger partial charge on any atom is -0.309 e. The molecule has 258 valence electrons. The van der Waals surface area contributed by atoms with Gasteiger partial charge in [-0.3, -0.25) is 4.98 Å². The van der Waals surface area contributed by atoms with E-state index in [0.717, 1.165) is 28.3 Å². The molecule has 2 heterocycles. The third-order valence-electron chi connectivity index (χ3n) is 11.5. The number of rotatable bonds is 6. The predicted octanol–water partition coefficient (Wildman–Crippen LogP) is 13.2. The Morgan fingerprint density at radius 1 is 0.436 bits per heavy atom. The van der Waals surface area contributed by atoms with Crippen LogP contribution in [0.3, 0.4) is 0 Å². The first-order valence-electron chi connectivity index (χ1n) is 18.9. The summed E-state index contributed by atoms with van der Waals surface area (Å²) in [4.78, 5) is 7.08. The van der Waals surface area contributed by atoms with E-state index >= 15 is 0 Å². The van der Waals surface area contributed by atoms with Crippen molar-refractivity contribution in [3.8, 4) is 16.8 Å². The molecule has 1 aliphatic rings. The number of aromatic nitrogens is 2. The van der Waals surface area contributed by atoms with Gasteiger partial charge in [-0.1, -0.05) is 152 Å². The van der Waals surface area contributed by atoms with E-state index in [1.807, 2.05) is 18.5 Å². The van der Waals surface area contributed by atoms with E-state index in [0.29, 0.717) is 0 Å². The number of pyridine rings is 1. The molecular formula is C52H35N3. The number of hydrogen-bond acceptors (Lipinski definition) is 2. The molecule has 0 aliphatic heterocycles. The van der Waals surface area contributed by atoms with E-state index in [-0.39, 0.29) is 0 Å². The lowest BCUT2D eigenvalue weighted by Crippen LogP contribution is -2.30. The smallest absolute Gasteiger partial charge is 0.0733 e. The van der Waals surface area contributed by atoms with E-state index in [9.17, 15) is 0 Å². The highest BCUT2D eigenvalue weighted by molar-refractivity contribution is 6.10. The molecule has 3 heteroatoms. The van der Waals surface area contributed by atoms with Crippen LogP contribution in [0, 0.1) is 0 Å². The van der Waals surface area contributed by atoms with Gasteiger partial charge < -0.3 is 9.47 Å². The first-order chi connectivity index (χ1) is 27.3. The van der Waals surface area contributed by atoms with E-state index in [1.54, 1.807) is 0 Å². The lowest BCUT2D eigenvalue weighted by atomic mass is 9.67. The summed E-state index contributed by atoms with van der Waals surface area (Å²) < 4.78 is 2.42. The summed E-state index contributed by atoms with van der Waals surface area (Å²) in [5, 5.41) is 4.89. The Balaban J connectivity index is 1.21. The Morgan fingerprint density at radius 3 is 1.87 bits per heavy atom. The molecule has 3 nitrogen and oxygen atoms in total. The van der Waals surface area contributed by atoms with Crippen LogP contribution in [0.5, 0.6) is 0 Å². The molecule has 2 aromatic heterocycles. The summed E-state index contributed by atoms with van der Waals surface area (Å²) in [6.45, 7) is 0. The van der Waals surface area contributed by atoms with Gasteiger partial charge in [-0.25, -0.2) is 0 Å². The summed E-state index contributed by atoms with van der Waals surface area (Å²) in [7, 11) is 0. The summed E-state index contributed by atoms with van der Waals surface area (Å²) >= 11 is 0. The standard InChI is InChI=1S/C52H35N3/c1-2-17-38(18-3-1)52(46-23-9-6-20-42(46)43-21-7-10-24-47(43)52)48-25-11-13-27-50(48)54(41-19-14-32-53-35-41)40-30-31-45-44-22-8-12-26-49(44)55(51(45)34-40)39-29-28-36-15-4-5-16-37(36)33-39/h1-35H. The third kappa shape index (κ3) is 4.66. The fraction of sp³-hybridized carbons (Fsp3) is 0.0192. The van der Waals surface area contributed by atoms with Crippen LogP contribution < -0.4 is 4.90 Å². The molecule has 11 rings (SSSR count). The molecule has 0 saturated heterocycles. The van der Waals surface area contributed by atoms with Crippen LogP contribution in [0.25, 0.3) is 49.4 Å². The molecule has 0 bridgehead atoms. The quantitative estimate of drug-likeness (QED) is 0.172. The molecule has 0 saturated carbocycles. The van der Waals surface area contributed by atoms with Gasteiger partial charge in [-0.2, -0.15) is 0 Å². The number of anilines is 3. The highest BCUT2D eigenvalue weighted by Crippen LogP contribution is 2.58. The lowest BCUT2D eigenvalue weighted by Gasteiger charge is -2.38. The second kappa shape index (κ2) is 12.4. The normalized spacial score (nSPS) is 12.9. The van der Waals surface area contributed by atoms with Crippen molar-refractivity contribution in [2.24, 2.45) is 0 Å². The van der Waals surface area contributed by atoms with Gasteiger partial charge in [0, 0.05) is 28.3 Å². The highest BCUT2D eigenvalue weighted by atomic mass is 15.2. The third-order valence-corrected chi connectivity index (χ3v) is 11.5. The zero-order valence-electron chi connectivity index (χ0n) is 30.0. The molecule has 1 aliphatic carbocycles. The summed E-state index contributed by atoms with van der Waals surface area (Å²) in [5.74, 6) is 0. The highest BCUT2D eigenvalue weighted by Gasteiger charge is 2.47. The van der Waals surface area contributed by atoms with Crippen molar-refractivity contribution < 1.29 is 0 Å². The monoisotopic (exact) mass is 701 g/mol. The second-order valence-corrected chi connectivity index (χ2v) is 14.4. The number of nitrogens with zero attached hydrogens (tertiary/aromatic N) is 3. The van der Waals surface area contributed by atoms with Gasteiger partial charge >= 0.3 is 0 Å². The van der Waals surface area contributed by atoms with Crippen molar-refractivity contribution in [3.05, 3.63) is 235 Å². The molecule has 55 heavy (non-hydrogen) atoms. The van der Waals surface area contributed by atoms with Crippen molar-refractivity contribution in [3.63, 3.8) is 0 Å². The number of fused-ring (bicyclic) bond motifs is 7. The topological polar surface area (TPSA) is 21.1 Å². The van der Waals surface area contributed by atoms with Gasteiger partial charge in [-0.15, -0.1) is 0 Å². The Kier molecular flexibility index (Phi) is 7.08. The molecule has 8 aromatic carbocycles. The van der Waals surface area contributed by atoms with Crippen LogP contribution in [0.1, 0.15) is 22.3 Å². The van der Waals surface area contributed by atoms with Crippen LogP contribution in [-0.4, -0.2) is 9.55 Å². The molecule has 0 radical (unpaired) electrons. The summed E-state index contributed by atoms with van der Waals surface area (Å²) in [6.07, 6.45) is 3.83. The van der Waals surface area contributed by atoms with Crippen molar-refractivity contribution in [1.29, 1.82) is 0 Å². The van der Waals surface area contributed by atoms with Crippen molar-refractivity contribution in [2.45, 2.75) is 5.41 Å². The van der Waals surface area contributed by atoms with Gasteiger partial charge in [0.05, 0.1) is 34.0 Å². The van der Waals surface area contributed by atoms with Crippen molar-refractivity contribution >= 4 is 49.6 Å². The first kappa shape index (κ1) is 31.3. The van der Waals surface area contributed by atoms with Crippen LogP contribution >= 0.6 is 0 Å². The molecule has 0 atom stereocenters. The Morgan fingerprint density at radius 2 is 1.09 bits per heavy atom. The zero-order valence-corrected chi connectivity index (χ0v) is 30.0. The second-order valence-electron chi connectivity index (χ2n) is 14.4. The predicted molar refractivity (Wildman–Crippen MR) is 228 cm³/mol. The maximum absolute atomic E-state index is 4.68. The van der Waals surface area contributed by atoms with Gasteiger partial charge in [-0.05, 0) is 92.7 Å². The molecular weight excluding hydrogens is 667 g/mol. The zero-order chi connectivity index (χ0) is 36.3. The fourth-order valence-corrected chi connectivity index (χ4v) is 9.27. The molecule has 0 unspecified atom stereocenters. The Hall–Kier alpha value is -7.23. The number of para-hydroxylation sites is 2. The average Bonchev–Trinajstić information content (AvgIpc) is 3.75. The minimum atomic E-state index is -0.574. The molecule has 0 N–H and O–H groups in total. The van der Waals surface area contributed by atoms with Gasteiger partial charge in [0.25, 0.3) is 0 Å². The van der Waals surface area contributed by atoms with Crippen LogP contribution in [0.15, 0.2) is 213 Å². The average molecular weight is 702 g/mol. The van der Waals surface area contributed by atoms with E-state index in [2.05, 4.69) is 209 Å². The van der Waals surface area contributed by atoms with E-state index in [4.69, 9.17) is 0 Å². The molecule has 0 spiro atoms. The maximum atomic E-state index is 4.68. The van der Waals surface area contributed by atoms with Gasteiger partial charge in [0.2, 0.25) is 0 Å². The largest absolute Gasteiger partial charge is 0.309 e. The van der Waals surface area contributed by atoms with E-state index in [1.165, 1.54) is 60.4 Å². The fourth-order valence-electron chi connectivity index (χ4n) is 9.27. The summed E-state index contributed by atoms with van der Waals surface area (Å²) in [5.41, 5.74) is 13.6. The van der Waals surface area contributed by atoms with E-state index < -0.39 is 5.41 Å². The van der Waals surface area contributed by atoms with Crippen molar-refractivity contribution in [2.75, 3.05) is 4.90 Å². The Labute approximate surface area is 320 Å². The SMILES string of the molecule is c1ccc(C2(c3ccccc3N(c3cccnc3)c3ccc4c5ccccc5n(-c5ccc6ccccc6c5)c4c3)c3ccccc3-c3ccccc32)cc1. The lowest BCUT2D eigenvalue weighted by molar-refractivity contribution is 0.768. The maximum Gasteiger partial charge on any atom is 0.0733 e. The van der Waals surface area contributed by atoms with Crippen molar-refractivity contribution in [1.82, 2.24) is 9.55 Å². The molecule has 0 fully saturated rings. The first-order valence-corrected chi connectivity index (χ1v) is 18.9.